The van der Waals surface area contributed by atoms with E-state index in [-0.39, 0.29) is 0 Å². The zero-order valence-electron chi connectivity index (χ0n) is 6.66. The number of hydrogen-bond donors (Lipinski definition) is 1. The number of allylic oxidation sites excluding steroid dienone is 2. The molecule has 0 amide bonds. The number of aromatic nitrogens is 2. The highest BCUT2D eigenvalue weighted by Crippen LogP contribution is 2.05. The van der Waals surface area contributed by atoms with E-state index in [4.69, 9.17) is 0 Å². The van der Waals surface area contributed by atoms with Crippen molar-refractivity contribution in [3.63, 3.8) is 0 Å². The van der Waals surface area contributed by atoms with E-state index in [1.165, 1.54) is 6.08 Å². The van der Waals surface area contributed by atoms with Crippen LogP contribution in [0.2, 0.25) is 0 Å². The molecule has 3 nitrogen and oxygen atoms in total. The third kappa shape index (κ3) is 1.63. The fraction of sp³-hybridized carbons (Fsp3) is 0. The average molecular weight is 175 g/mol. The van der Waals surface area contributed by atoms with Crippen LogP contribution >= 0.6 is 0 Å². The van der Waals surface area contributed by atoms with Crippen LogP contribution in [0, 0.1) is 0 Å². The van der Waals surface area contributed by atoms with Gasteiger partial charge in [-0.15, -0.1) is 5.73 Å². The maximum absolute atomic E-state index is 12.6. The van der Waals surface area contributed by atoms with Crippen LogP contribution in [0.4, 0.5) is 4.39 Å². The van der Waals surface area contributed by atoms with E-state index in [0.29, 0.717) is 5.71 Å². The zero-order valence-corrected chi connectivity index (χ0v) is 6.66. The third-order valence-corrected chi connectivity index (χ3v) is 1.54. The number of aromatic amines is 1. The first-order valence-electron chi connectivity index (χ1n) is 3.71. The molecule has 0 bridgehead atoms. The van der Waals surface area contributed by atoms with Crippen molar-refractivity contribution in [2.75, 3.05) is 0 Å². The standard InChI is InChI=1S/C9H6FN3/c10-7-2-1-3-8(12-4-7)9-5-11-6-13-9/h2-6H,(H,11,13). The van der Waals surface area contributed by atoms with Gasteiger partial charge in [0.1, 0.15) is 5.83 Å². The van der Waals surface area contributed by atoms with Gasteiger partial charge < -0.3 is 4.98 Å². The molecule has 0 saturated heterocycles. The lowest BCUT2D eigenvalue weighted by atomic mass is 10.3. The molecule has 1 N–H and O–H groups in total. The second-order valence-electron chi connectivity index (χ2n) is 2.45. The van der Waals surface area contributed by atoms with Gasteiger partial charge in [0.25, 0.3) is 0 Å². The summed E-state index contributed by atoms with van der Waals surface area (Å²) in [7, 11) is 0. The first kappa shape index (κ1) is 7.71. The molecule has 1 aromatic heterocycles. The van der Waals surface area contributed by atoms with Gasteiger partial charge in [0.15, 0.2) is 0 Å². The van der Waals surface area contributed by atoms with Gasteiger partial charge in [0, 0.05) is 12.2 Å². The number of halogens is 1. The van der Waals surface area contributed by atoms with Gasteiger partial charge in [-0.3, -0.25) is 4.99 Å². The molecule has 4 heteroatoms. The van der Waals surface area contributed by atoms with Gasteiger partial charge in [-0.1, -0.05) is 0 Å². The molecule has 64 valence electrons. The van der Waals surface area contributed by atoms with Crippen LogP contribution < -0.4 is 0 Å². The highest BCUT2D eigenvalue weighted by molar-refractivity contribution is 6.07. The number of nitrogens with one attached hydrogen (secondary N) is 1. The van der Waals surface area contributed by atoms with Crippen molar-refractivity contribution in [3.8, 4) is 0 Å². The Hall–Kier alpha value is -1.93. The van der Waals surface area contributed by atoms with Crippen LogP contribution in [-0.2, 0) is 0 Å². The van der Waals surface area contributed by atoms with E-state index in [2.05, 4.69) is 20.7 Å². The summed E-state index contributed by atoms with van der Waals surface area (Å²) < 4.78 is 12.6. The molecule has 0 aliphatic carbocycles. The Morgan fingerprint density at radius 2 is 2.31 bits per heavy atom. The lowest BCUT2D eigenvalue weighted by molar-refractivity contribution is 0.664. The minimum Gasteiger partial charge on any atom is -0.343 e. The molecular formula is C9H6FN3. The molecule has 0 spiro atoms. The summed E-state index contributed by atoms with van der Waals surface area (Å²) in [6.07, 6.45) is 7.13. The lowest BCUT2D eigenvalue weighted by Gasteiger charge is -1.91. The fourth-order valence-electron chi connectivity index (χ4n) is 0.949. The Morgan fingerprint density at radius 1 is 1.38 bits per heavy atom. The van der Waals surface area contributed by atoms with Crippen LogP contribution in [0.25, 0.3) is 0 Å². The van der Waals surface area contributed by atoms with Crippen LogP contribution in [0.15, 0.2) is 47.4 Å². The minimum atomic E-state index is -0.411. The first-order chi connectivity index (χ1) is 6.36. The van der Waals surface area contributed by atoms with Gasteiger partial charge in [-0.2, -0.15) is 0 Å². The summed E-state index contributed by atoms with van der Waals surface area (Å²) in [4.78, 5) is 10.6. The van der Waals surface area contributed by atoms with E-state index >= 15 is 0 Å². The minimum absolute atomic E-state index is 0.411. The van der Waals surface area contributed by atoms with Crippen molar-refractivity contribution < 1.29 is 4.39 Å². The molecule has 1 aliphatic heterocycles. The second kappa shape index (κ2) is 3.21. The quantitative estimate of drug-likeness (QED) is 0.649. The predicted molar refractivity (Wildman–Crippen MR) is 47.0 cm³/mol. The zero-order chi connectivity index (χ0) is 9.10. The van der Waals surface area contributed by atoms with Crippen molar-refractivity contribution >= 4 is 5.71 Å². The maximum Gasteiger partial charge on any atom is 0.149 e. The molecule has 0 aromatic carbocycles. The van der Waals surface area contributed by atoms with Crippen molar-refractivity contribution in [2.24, 2.45) is 4.99 Å². The van der Waals surface area contributed by atoms with Gasteiger partial charge in [0.2, 0.25) is 0 Å². The Labute approximate surface area is 74.0 Å². The Bertz CT molecular complexity index is 420. The fourth-order valence-corrected chi connectivity index (χ4v) is 0.949. The largest absolute Gasteiger partial charge is 0.343 e. The number of hydrogen-bond acceptors (Lipinski definition) is 2. The molecule has 1 aliphatic rings. The van der Waals surface area contributed by atoms with Crippen LogP contribution in [0.3, 0.4) is 0 Å². The summed E-state index contributed by atoms with van der Waals surface area (Å²) >= 11 is 0. The summed E-state index contributed by atoms with van der Waals surface area (Å²) in [5.74, 6) is -0.411. The number of nitrogens with zero attached hydrogens (tertiary/aromatic N) is 2. The molecule has 2 rings (SSSR count). The van der Waals surface area contributed by atoms with E-state index < -0.39 is 5.83 Å². The summed E-state index contributed by atoms with van der Waals surface area (Å²) in [6.45, 7) is 0. The molecule has 0 fully saturated rings. The topological polar surface area (TPSA) is 41.0 Å². The van der Waals surface area contributed by atoms with Crippen LogP contribution in [0.1, 0.15) is 5.69 Å². The Balaban J connectivity index is 2.42. The number of H-pyrrole nitrogens is 1. The van der Waals surface area contributed by atoms with Gasteiger partial charge in [0.05, 0.1) is 30.1 Å². The van der Waals surface area contributed by atoms with Crippen molar-refractivity contribution in [3.05, 3.63) is 48.1 Å². The smallest absolute Gasteiger partial charge is 0.149 e. The van der Waals surface area contributed by atoms with Gasteiger partial charge >= 0.3 is 0 Å². The molecule has 0 atom stereocenters. The normalized spacial score (nSPS) is 15.2. The third-order valence-electron chi connectivity index (χ3n) is 1.54. The van der Waals surface area contributed by atoms with Gasteiger partial charge in [-0.05, 0) is 0 Å². The molecule has 0 unspecified atom stereocenters. The molecule has 2 heterocycles. The molecule has 13 heavy (non-hydrogen) atoms. The molecule has 1 aromatic rings. The monoisotopic (exact) mass is 175 g/mol. The van der Waals surface area contributed by atoms with Crippen molar-refractivity contribution in [1.82, 2.24) is 9.97 Å². The summed E-state index contributed by atoms with van der Waals surface area (Å²) in [5, 5.41) is 0. The predicted octanol–water partition coefficient (Wildman–Crippen LogP) is 1.73. The lowest BCUT2D eigenvalue weighted by Crippen LogP contribution is -1.94. The second-order valence-corrected chi connectivity index (χ2v) is 2.45. The Morgan fingerprint density at radius 3 is 3.08 bits per heavy atom. The van der Waals surface area contributed by atoms with Crippen LogP contribution in [-0.4, -0.2) is 15.7 Å². The Kier molecular flexibility index (Phi) is 1.90. The average Bonchev–Trinajstić information content (AvgIpc) is 2.56. The SMILES string of the molecule is FC1=CN=C(c2cnc[nH]2)C=C=C1. The molecule has 0 saturated carbocycles. The first-order valence-corrected chi connectivity index (χ1v) is 3.71. The van der Waals surface area contributed by atoms with Crippen LogP contribution in [0.5, 0.6) is 0 Å². The van der Waals surface area contributed by atoms with Crippen molar-refractivity contribution in [1.29, 1.82) is 0 Å². The van der Waals surface area contributed by atoms with Crippen molar-refractivity contribution in [2.45, 2.75) is 0 Å². The summed E-state index contributed by atoms with van der Waals surface area (Å²) in [5.41, 5.74) is 4.02. The molecule has 0 radical (unpaired) electrons. The van der Waals surface area contributed by atoms with E-state index in [0.717, 1.165) is 11.9 Å². The number of imidazole rings is 1. The van der Waals surface area contributed by atoms with Gasteiger partial charge in [-0.25, -0.2) is 9.37 Å². The van der Waals surface area contributed by atoms with E-state index in [9.17, 15) is 4.39 Å². The van der Waals surface area contributed by atoms with E-state index in [1.807, 2.05) is 0 Å². The summed E-state index contributed by atoms with van der Waals surface area (Å²) in [6, 6.07) is 0. The number of rotatable bonds is 1. The number of aliphatic imine (C=N–C) groups is 1. The highest BCUT2D eigenvalue weighted by atomic mass is 19.1. The molecular weight excluding hydrogens is 169 g/mol. The highest BCUT2D eigenvalue weighted by Gasteiger charge is 2.01. The van der Waals surface area contributed by atoms with E-state index in [1.54, 1.807) is 18.6 Å². The maximum atomic E-state index is 12.6.